The number of aryl methyl sites for hydroxylation is 1. The van der Waals surface area contributed by atoms with Gasteiger partial charge in [0.05, 0.1) is 11.6 Å². The van der Waals surface area contributed by atoms with Crippen LogP contribution in [0, 0.1) is 24.1 Å². The molecule has 0 aliphatic carbocycles. The maximum Gasteiger partial charge on any atom is 0.249 e. The van der Waals surface area contributed by atoms with E-state index in [0.717, 1.165) is 71.8 Å². The standard InChI is InChI=1S/C32H29ClFN5O/c1-21-3-11-27(32(36)40)31(30(21)23-6-4-22(18-35)5-7-23)24-9-12-29(37-19-24)39-14-2-13-38(15-16-39)20-25-8-10-26(34)17-28(25)33/h3-12,17,19H,2,13-16,20H2,1H3,(H2,36,40). The molecule has 0 radical (unpaired) electrons. The summed E-state index contributed by atoms with van der Waals surface area (Å²) in [7, 11) is 0. The van der Waals surface area contributed by atoms with E-state index in [0.29, 0.717) is 22.7 Å². The van der Waals surface area contributed by atoms with Gasteiger partial charge >= 0.3 is 0 Å². The molecule has 0 saturated carbocycles. The van der Waals surface area contributed by atoms with Crippen molar-refractivity contribution >= 4 is 23.3 Å². The number of primary amides is 1. The molecule has 0 spiro atoms. The summed E-state index contributed by atoms with van der Waals surface area (Å²) in [4.78, 5) is 21.8. The van der Waals surface area contributed by atoms with Gasteiger partial charge in [-0.2, -0.15) is 5.26 Å². The van der Waals surface area contributed by atoms with Crippen LogP contribution in [0.2, 0.25) is 5.02 Å². The number of amides is 1. The molecule has 1 fully saturated rings. The minimum absolute atomic E-state index is 0.331. The third-order valence-electron chi connectivity index (χ3n) is 7.34. The zero-order valence-corrected chi connectivity index (χ0v) is 23.0. The second-order valence-corrected chi connectivity index (χ2v) is 10.4. The Kier molecular flexibility index (Phi) is 8.11. The van der Waals surface area contributed by atoms with Crippen molar-refractivity contribution < 1.29 is 9.18 Å². The number of aromatic nitrogens is 1. The molecule has 40 heavy (non-hydrogen) atoms. The van der Waals surface area contributed by atoms with Gasteiger partial charge in [0.25, 0.3) is 0 Å². The molecule has 8 heteroatoms. The molecule has 5 rings (SSSR count). The highest BCUT2D eigenvalue weighted by atomic mass is 35.5. The van der Waals surface area contributed by atoms with Crippen molar-refractivity contribution in [2.45, 2.75) is 19.9 Å². The highest BCUT2D eigenvalue weighted by Gasteiger charge is 2.21. The zero-order valence-electron chi connectivity index (χ0n) is 22.2. The number of rotatable bonds is 6. The fourth-order valence-electron chi connectivity index (χ4n) is 5.27. The molecule has 0 unspecified atom stereocenters. The van der Waals surface area contributed by atoms with E-state index in [-0.39, 0.29) is 5.82 Å². The number of hydrogen-bond donors (Lipinski definition) is 1. The van der Waals surface area contributed by atoms with Crippen molar-refractivity contribution in [3.05, 3.63) is 106 Å². The minimum Gasteiger partial charge on any atom is -0.366 e. The molecule has 1 amide bonds. The SMILES string of the molecule is Cc1ccc(C(N)=O)c(-c2ccc(N3CCCN(Cc4ccc(F)cc4Cl)CC3)nc2)c1-c1ccc(C#N)cc1. The molecule has 6 nitrogen and oxygen atoms in total. The summed E-state index contributed by atoms with van der Waals surface area (Å²) in [5.74, 6) is 0.0180. The molecule has 4 aromatic rings. The fraction of sp³-hybridized carbons (Fsp3) is 0.219. The Morgan fingerprint density at radius 1 is 1.00 bits per heavy atom. The molecular formula is C32H29ClFN5O. The monoisotopic (exact) mass is 553 g/mol. The van der Waals surface area contributed by atoms with Gasteiger partial charge < -0.3 is 10.6 Å². The van der Waals surface area contributed by atoms with Gasteiger partial charge in [0, 0.05) is 60.6 Å². The molecule has 0 atom stereocenters. The molecule has 2 heterocycles. The van der Waals surface area contributed by atoms with Crippen LogP contribution in [0.1, 0.15) is 33.5 Å². The number of nitriles is 1. The molecule has 202 valence electrons. The van der Waals surface area contributed by atoms with E-state index in [1.807, 2.05) is 37.3 Å². The molecule has 0 bridgehead atoms. The average Bonchev–Trinajstić information content (AvgIpc) is 3.20. The van der Waals surface area contributed by atoms with Crippen molar-refractivity contribution in [2.24, 2.45) is 5.73 Å². The number of anilines is 1. The maximum absolute atomic E-state index is 13.4. The Morgan fingerprint density at radius 3 is 2.45 bits per heavy atom. The lowest BCUT2D eigenvalue weighted by atomic mass is 9.87. The van der Waals surface area contributed by atoms with Crippen LogP contribution in [0.15, 0.2) is 72.9 Å². The molecule has 1 aliphatic heterocycles. The van der Waals surface area contributed by atoms with Crippen LogP contribution in [0.4, 0.5) is 10.2 Å². The fourth-order valence-corrected chi connectivity index (χ4v) is 5.49. The highest BCUT2D eigenvalue weighted by Crippen LogP contribution is 2.38. The zero-order chi connectivity index (χ0) is 28.2. The van der Waals surface area contributed by atoms with Crippen LogP contribution in [0.5, 0.6) is 0 Å². The Morgan fingerprint density at radius 2 is 1.77 bits per heavy atom. The second-order valence-electron chi connectivity index (χ2n) is 9.99. The molecule has 1 saturated heterocycles. The van der Waals surface area contributed by atoms with Gasteiger partial charge in [0.15, 0.2) is 0 Å². The number of carbonyl (C=O) groups is 1. The van der Waals surface area contributed by atoms with Gasteiger partial charge in [-0.3, -0.25) is 9.69 Å². The van der Waals surface area contributed by atoms with Gasteiger partial charge in [-0.1, -0.05) is 35.9 Å². The number of nitrogens with zero attached hydrogens (tertiary/aromatic N) is 4. The van der Waals surface area contributed by atoms with Crippen molar-refractivity contribution in [1.29, 1.82) is 5.26 Å². The lowest BCUT2D eigenvalue weighted by Gasteiger charge is -2.23. The summed E-state index contributed by atoms with van der Waals surface area (Å²) < 4.78 is 13.4. The van der Waals surface area contributed by atoms with E-state index in [4.69, 9.17) is 22.3 Å². The second kappa shape index (κ2) is 11.9. The van der Waals surface area contributed by atoms with Crippen LogP contribution in [-0.2, 0) is 6.54 Å². The first-order chi connectivity index (χ1) is 19.3. The molecule has 1 aliphatic rings. The normalized spacial score (nSPS) is 14.0. The third-order valence-corrected chi connectivity index (χ3v) is 7.69. The predicted octanol–water partition coefficient (Wildman–Crippen LogP) is 6.20. The van der Waals surface area contributed by atoms with E-state index >= 15 is 0 Å². The maximum atomic E-state index is 13.4. The van der Waals surface area contributed by atoms with Crippen molar-refractivity contribution in [1.82, 2.24) is 9.88 Å². The summed E-state index contributed by atoms with van der Waals surface area (Å²) >= 11 is 6.25. The van der Waals surface area contributed by atoms with Crippen molar-refractivity contribution in [3.63, 3.8) is 0 Å². The average molecular weight is 554 g/mol. The van der Waals surface area contributed by atoms with Gasteiger partial charge in [-0.25, -0.2) is 9.37 Å². The molecule has 1 aromatic heterocycles. The lowest BCUT2D eigenvalue weighted by molar-refractivity contribution is 0.100. The number of halogens is 2. The Labute approximate surface area is 238 Å². The Bertz CT molecular complexity index is 1580. The van der Waals surface area contributed by atoms with Crippen LogP contribution >= 0.6 is 11.6 Å². The first-order valence-electron chi connectivity index (χ1n) is 13.2. The van der Waals surface area contributed by atoms with E-state index in [2.05, 4.69) is 15.9 Å². The largest absolute Gasteiger partial charge is 0.366 e. The number of pyridine rings is 1. The van der Waals surface area contributed by atoms with E-state index in [1.54, 1.807) is 30.5 Å². The quantitative estimate of drug-likeness (QED) is 0.307. The van der Waals surface area contributed by atoms with Gasteiger partial charge in [-0.05, 0) is 78.1 Å². The number of carbonyl (C=O) groups excluding carboxylic acids is 1. The lowest BCUT2D eigenvalue weighted by Crippen LogP contribution is -2.31. The van der Waals surface area contributed by atoms with Crippen LogP contribution in [-0.4, -0.2) is 42.0 Å². The van der Waals surface area contributed by atoms with Gasteiger partial charge in [0.1, 0.15) is 11.6 Å². The molecule has 3 aromatic carbocycles. The number of benzene rings is 3. The number of hydrogen-bond acceptors (Lipinski definition) is 5. The van der Waals surface area contributed by atoms with Crippen molar-refractivity contribution in [3.8, 4) is 28.3 Å². The van der Waals surface area contributed by atoms with Gasteiger partial charge in [-0.15, -0.1) is 0 Å². The first-order valence-corrected chi connectivity index (χ1v) is 13.5. The number of nitrogens with two attached hydrogens (primary N) is 1. The Hall–Kier alpha value is -4.25. The molecule has 2 N–H and O–H groups in total. The summed E-state index contributed by atoms with van der Waals surface area (Å²) in [6.45, 7) is 6.03. The highest BCUT2D eigenvalue weighted by molar-refractivity contribution is 6.31. The van der Waals surface area contributed by atoms with Gasteiger partial charge in [0.2, 0.25) is 5.91 Å². The summed E-state index contributed by atoms with van der Waals surface area (Å²) in [6, 6.07) is 21.6. The van der Waals surface area contributed by atoms with Crippen LogP contribution in [0.25, 0.3) is 22.3 Å². The van der Waals surface area contributed by atoms with E-state index < -0.39 is 5.91 Å². The van der Waals surface area contributed by atoms with Crippen molar-refractivity contribution in [2.75, 3.05) is 31.1 Å². The van der Waals surface area contributed by atoms with Crippen LogP contribution in [0.3, 0.4) is 0 Å². The third kappa shape index (κ3) is 5.84. The minimum atomic E-state index is -0.511. The van der Waals surface area contributed by atoms with E-state index in [1.165, 1.54) is 12.1 Å². The summed E-state index contributed by atoms with van der Waals surface area (Å²) in [5.41, 5.74) is 12.0. The smallest absolute Gasteiger partial charge is 0.249 e. The molecular weight excluding hydrogens is 525 g/mol. The van der Waals surface area contributed by atoms with Crippen LogP contribution < -0.4 is 10.6 Å². The Balaban J connectivity index is 1.40. The topological polar surface area (TPSA) is 86.2 Å². The summed E-state index contributed by atoms with van der Waals surface area (Å²) in [6.07, 6.45) is 2.75. The summed E-state index contributed by atoms with van der Waals surface area (Å²) in [5, 5.41) is 9.66. The first kappa shape index (κ1) is 27.3. The van der Waals surface area contributed by atoms with E-state index in [9.17, 15) is 14.4 Å². The predicted molar refractivity (Wildman–Crippen MR) is 157 cm³/mol.